The maximum Gasteiger partial charge on any atom is 0.241 e. The first-order chi connectivity index (χ1) is 15.7. The van der Waals surface area contributed by atoms with Gasteiger partial charge in [-0.25, -0.2) is 9.97 Å². The summed E-state index contributed by atoms with van der Waals surface area (Å²) in [6.07, 6.45) is 5.37. The summed E-state index contributed by atoms with van der Waals surface area (Å²) in [4.78, 5) is 25.9. The fraction of sp³-hybridized carbons (Fsp3) is 0.250. The Balaban J connectivity index is 1.35. The molecule has 162 valence electrons. The van der Waals surface area contributed by atoms with Gasteiger partial charge in [0.15, 0.2) is 0 Å². The highest BCUT2D eigenvalue weighted by Gasteiger charge is 2.22. The van der Waals surface area contributed by atoms with E-state index in [9.17, 15) is 4.79 Å². The van der Waals surface area contributed by atoms with Gasteiger partial charge in [-0.05, 0) is 56.1 Å². The molecule has 2 aromatic heterocycles. The van der Waals surface area contributed by atoms with Crippen LogP contribution in [0.15, 0.2) is 67.1 Å². The lowest BCUT2D eigenvalue weighted by Gasteiger charge is -2.14. The third kappa shape index (κ3) is 4.17. The molecule has 3 N–H and O–H groups in total. The van der Waals surface area contributed by atoms with Crippen molar-refractivity contribution in [3.05, 3.63) is 72.7 Å². The van der Waals surface area contributed by atoms with Crippen molar-refractivity contribution in [2.75, 3.05) is 17.2 Å². The Morgan fingerprint density at radius 3 is 2.84 bits per heavy atom. The van der Waals surface area contributed by atoms with E-state index in [4.69, 9.17) is 0 Å². The van der Waals surface area contributed by atoms with E-state index in [2.05, 4.69) is 50.0 Å². The van der Waals surface area contributed by atoms with Crippen molar-refractivity contribution >= 4 is 28.6 Å². The smallest absolute Gasteiger partial charge is 0.241 e. The highest BCUT2D eigenvalue weighted by molar-refractivity contribution is 5.96. The van der Waals surface area contributed by atoms with Gasteiger partial charge in [0.1, 0.15) is 12.1 Å². The highest BCUT2D eigenvalue weighted by Crippen LogP contribution is 2.22. The van der Waals surface area contributed by atoms with Crippen molar-refractivity contribution in [3.63, 3.8) is 0 Å². The number of aromatic nitrogens is 4. The third-order valence-electron chi connectivity index (χ3n) is 5.72. The number of carbonyl (C=O) groups excluding carboxylic acids is 1. The van der Waals surface area contributed by atoms with Gasteiger partial charge in [0.05, 0.1) is 23.1 Å². The molecule has 0 bridgehead atoms. The van der Waals surface area contributed by atoms with Crippen LogP contribution in [0.25, 0.3) is 16.9 Å². The molecule has 1 saturated heterocycles. The van der Waals surface area contributed by atoms with Crippen LogP contribution < -0.4 is 16.0 Å². The van der Waals surface area contributed by atoms with Gasteiger partial charge in [-0.2, -0.15) is 4.98 Å². The van der Waals surface area contributed by atoms with Crippen LogP contribution >= 0.6 is 0 Å². The van der Waals surface area contributed by atoms with E-state index in [1.54, 1.807) is 12.5 Å². The summed E-state index contributed by atoms with van der Waals surface area (Å²) in [6.45, 7) is 2.97. The molecule has 32 heavy (non-hydrogen) atoms. The lowest BCUT2D eigenvalue weighted by atomic mass is 10.1. The van der Waals surface area contributed by atoms with Crippen LogP contribution in [-0.4, -0.2) is 38.0 Å². The van der Waals surface area contributed by atoms with E-state index in [0.29, 0.717) is 5.95 Å². The SMILES string of the molecule is C[C@H](Nc1nccc(-n2cnc3cc(NC(=O)[C@H]4CCCN4)ccc32)n1)c1ccccc1. The molecule has 1 aliphatic rings. The van der Waals surface area contributed by atoms with Gasteiger partial charge in [0.2, 0.25) is 11.9 Å². The molecule has 1 fully saturated rings. The lowest BCUT2D eigenvalue weighted by Crippen LogP contribution is -2.35. The van der Waals surface area contributed by atoms with E-state index in [1.165, 1.54) is 0 Å². The summed E-state index contributed by atoms with van der Waals surface area (Å²) in [5, 5.41) is 9.56. The maximum absolute atomic E-state index is 12.4. The van der Waals surface area contributed by atoms with Gasteiger partial charge >= 0.3 is 0 Å². The second kappa shape index (κ2) is 8.76. The molecule has 1 aliphatic heterocycles. The normalized spacial score (nSPS) is 16.7. The molecule has 0 aliphatic carbocycles. The first-order valence-corrected chi connectivity index (χ1v) is 10.8. The molecule has 4 aromatic rings. The number of nitrogens with zero attached hydrogens (tertiary/aromatic N) is 4. The van der Waals surface area contributed by atoms with Crippen molar-refractivity contribution in [1.82, 2.24) is 24.8 Å². The number of fused-ring (bicyclic) bond motifs is 1. The molecular formula is C24H25N7O. The number of rotatable bonds is 6. The van der Waals surface area contributed by atoms with Gasteiger partial charge in [-0.3, -0.25) is 9.36 Å². The number of hydrogen-bond acceptors (Lipinski definition) is 6. The van der Waals surface area contributed by atoms with Gasteiger partial charge in [0.25, 0.3) is 0 Å². The van der Waals surface area contributed by atoms with Crippen LogP contribution in [-0.2, 0) is 4.79 Å². The van der Waals surface area contributed by atoms with E-state index < -0.39 is 0 Å². The van der Waals surface area contributed by atoms with Gasteiger partial charge in [-0.1, -0.05) is 30.3 Å². The van der Waals surface area contributed by atoms with Crippen LogP contribution in [0.5, 0.6) is 0 Å². The Labute approximate surface area is 186 Å². The van der Waals surface area contributed by atoms with Crippen molar-refractivity contribution in [1.29, 1.82) is 0 Å². The Morgan fingerprint density at radius 1 is 1.16 bits per heavy atom. The number of nitrogens with one attached hydrogen (secondary N) is 3. The predicted molar refractivity (Wildman–Crippen MR) is 125 cm³/mol. The van der Waals surface area contributed by atoms with Crippen molar-refractivity contribution < 1.29 is 4.79 Å². The Morgan fingerprint density at radius 2 is 2.03 bits per heavy atom. The summed E-state index contributed by atoms with van der Waals surface area (Å²) < 4.78 is 1.92. The largest absolute Gasteiger partial charge is 0.348 e. The summed E-state index contributed by atoms with van der Waals surface area (Å²) in [6, 6.07) is 17.7. The van der Waals surface area contributed by atoms with Gasteiger partial charge in [-0.15, -0.1) is 0 Å². The number of hydrogen-bond donors (Lipinski definition) is 3. The zero-order chi connectivity index (χ0) is 21.9. The fourth-order valence-corrected chi connectivity index (χ4v) is 3.98. The van der Waals surface area contributed by atoms with Crippen LogP contribution in [0.2, 0.25) is 0 Å². The minimum absolute atomic E-state index is 0.000310. The predicted octanol–water partition coefficient (Wildman–Crippen LogP) is 3.68. The second-order valence-electron chi connectivity index (χ2n) is 7.97. The molecule has 0 saturated carbocycles. The van der Waals surface area contributed by atoms with Crippen LogP contribution in [0.1, 0.15) is 31.4 Å². The second-order valence-corrected chi connectivity index (χ2v) is 7.97. The zero-order valence-corrected chi connectivity index (χ0v) is 17.8. The van der Waals surface area contributed by atoms with E-state index in [1.807, 2.05) is 47.0 Å². The van der Waals surface area contributed by atoms with E-state index >= 15 is 0 Å². The monoisotopic (exact) mass is 427 g/mol. The topological polar surface area (TPSA) is 96.8 Å². The number of anilines is 2. The average Bonchev–Trinajstić information content (AvgIpc) is 3.50. The average molecular weight is 428 g/mol. The number of imidazole rings is 1. The molecule has 0 spiro atoms. The van der Waals surface area contributed by atoms with Gasteiger partial charge in [0, 0.05) is 11.9 Å². The molecule has 0 unspecified atom stereocenters. The number of carbonyl (C=O) groups is 1. The number of benzene rings is 2. The van der Waals surface area contributed by atoms with E-state index in [-0.39, 0.29) is 18.0 Å². The first kappa shape index (κ1) is 20.1. The minimum atomic E-state index is -0.117. The summed E-state index contributed by atoms with van der Waals surface area (Å²) in [5.74, 6) is 1.27. The Kier molecular flexibility index (Phi) is 5.51. The first-order valence-electron chi connectivity index (χ1n) is 10.8. The van der Waals surface area contributed by atoms with Crippen molar-refractivity contribution in [2.45, 2.75) is 31.8 Å². The van der Waals surface area contributed by atoms with Crippen LogP contribution in [0.4, 0.5) is 11.6 Å². The summed E-state index contributed by atoms with van der Waals surface area (Å²) >= 11 is 0. The van der Waals surface area contributed by atoms with Crippen molar-refractivity contribution in [2.24, 2.45) is 0 Å². The molecule has 0 radical (unpaired) electrons. The zero-order valence-electron chi connectivity index (χ0n) is 17.8. The molecule has 3 heterocycles. The molecule has 1 amide bonds. The molecule has 8 heteroatoms. The van der Waals surface area contributed by atoms with Gasteiger partial charge < -0.3 is 16.0 Å². The van der Waals surface area contributed by atoms with E-state index in [0.717, 1.165) is 47.5 Å². The molecule has 2 aromatic carbocycles. The third-order valence-corrected chi connectivity index (χ3v) is 5.72. The standard InChI is InChI=1S/C24H25N7O/c1-16(17-6-3-2-4-7-17)28-24-26-13-11-22(30-24)31-15-27-20-14-18(9-10-21(20)31)29-23(32)19-8-5-12-25-19/h2-4,6-7,9-11,13-16,19,25H,5,8,12H2,1H3,(H,29,32)(H,26,28,30)/t16-,19+/m0/s1. The quantitative estimate of drug-likeness (QED) is 0.434. The van der Waals surface area contributed by atoms with Crippen LogP contribution in [0, 0.1) is 0 Å². The molecule has 2 atom stereocenters. The summed E-state index contributed by atoms with van der Waals surface area (Å²) in [7, 11) is 0. The van der Waals surface area contributed by atoms with Crippen molar-refractivity contribution in [3.8, 4) is 5.82 Å². The fourth-order valence-electron chi connectivity index (χ4n) is 3.98. The number of amides is 1. The molecule has 8 nitrogen and oxygen atoms in total. The highest BCUT2D eigenvalue weighted by atomic mass is 16.2. The maximum atomic E-state index is 12.4. The molecule has 5 rings (SSSR count). The minimum Gasteiger partial charge on any atom is -0.348 e. The Bertz CT molecular complexity index is 1230. The van der Waals surface area contributed by atoms with Crippen LogP contribution in [0.3, 0.4) is 0 Å². The Hall–Kier alpha value is -3.78. The lowest BCUT2D eigenvalue weighted by molar-refractivity contribution is -0.117. The molecular weight excluding hydrogens is 402 g/mol. The summed E-state index contributed by atoms with van der Waals surface area (Å²) in [5.41, 5.74) is 3.59.